The van der Waals surface area contributed by atoms with Crippen LogP contribution < -0.4 is 10.2 Å². The van der Waals surface area contributed by atoms with Gasteiger partial charge < -0.3 is 10.2 Å². The lowest BCUT2D eigenvalue weighted by molar-refractivity contribution is 0.537. The second-order valence-corrected chi connectivity index (χ2v) is 6.87. The summed E-state index contributed by atoms with van der Waals surface area (Å²) in [5.74, 6) is 1.48. The van der Waals surface area contributed by atoms with Crippen LogP contribution in [0.3, 0.4) is 0 Å². The van der Waals surface area contributed by atoms with Crippen molar-refractivity contribution in [3.63, 3.8) is 0 Å². The van der Waals surface area contributed by atoms with Crippen molar-refractivity contribution < 1.29 is 0 Å². The largest absolute Gasteiger partial charge is 0.354 e. The summed E-state index contributed by atoms with van der Waals surface area (Å²) in [5, 5.41) is 4.25. The molecule has 0 aromatic carbocycles. The lowest BCUT2D eigenvalue weighted by atomic mass is 10.1. The maximum absolute atomic E-state index is 6.34. The van der Waals surface area contributed by atoms with Crippen LogP contribution in [0.1, 0.15) is 26.7 Å². The molecule has 0 radical (unpaired) electrons. The fraction of sp³-hybridized carbons (Fsp3) is 0.643. The highest BCUT2D eigenvalue weighted by atomic mass is 79.9. The molecule has 1 atom stereocenters. The highest BCUT2D eigenvalue weighted by Gasteiger charge is 2.21. The molecule has 3 nitrogen and oxygen atoms in total. The Kier molecular flexibility index (Phi) is 5.48. The van der Waals surface area contributed by atoms with Gasteiger partial charge in [0.2, 0.25) is 0 Å². The molecule has 1 N–H and O–H groups in total. The van der Waals surface area contributed by atoms with Gasteiger partial charge in [-0.25, -0.2) is 4.98 Å². The van der Waals surface area contributed by atoms with Gasteiger partial charge in [-0.05, 0) is 47.3 Å². The van der Waals surface area contributed by atoms with Crippen molar-refractivity contribution in [3.05, 3.63) is 21.8 Å². The summed E-state index contributed by atoms with van der Waals surface area (Å²) in [4.78, 5) is 6.80. The van der Waals surface area contributed by atoms with Gasteiger partial charge in [0.15, 0.2) is 0 Å². The second kappa shape index (κ2) is 6.91. The number of rotatable bonds is 5. The van der Waals surface area contributed by atoms with E-state index in [9.17, 15) is 0 Å². The molecule has 1 saturated heterocycles. The van der Waals surface area contributed by atoms with Gasteiger partial charge in [0.25, 0.3) is 0 Å². The van der Waals surface area contributed by atoms with Crippen LogP contribution in [-0.2, 0) is 0 Å². The van der Waals surface area contributed by atoms with E-state index < -0.39 is 0 Å². The Labute approximate surface area is 128 Å². The number of anilines is 1. The second-order valence-electron chi connectivity index (χ2n) is 5.55. The Morgan fingerprint density at radius 2 is 2.37 bits per heavy atom. The molecule has 1 fully saturated rings. The smallest absolute Gasteiger partial charge is 0.147 e. The fourth-order valence-corrected chi connectivity index (χ4v) is 3.26. The van der Waals surface area contributed by atoms with Crippen LogP contribution >= 0.6 is 27.5 Å². The third kappa shape index (κ3) is 4.33. The fourth-order valence-electron chi connectivity index (χ4n) is 2.51. The third-order valence-corrected chi connectivity index (χ3v) is 3.99. The molecule has 2 heterocycles. The average Bonchev–Trinajstić information content (AvgIpc) is 2.80. The van der Waals surface area contributed by atoms with Crippen LogP contribution in [0.5, 0.6) is 0 Å². The van der Waals surface area contributed by atoms with Gasteiger partial charge in [-0.15, -0.1) is 0 Å². The van der Waals surface area contributed by atoms with Crippen LogP contribution in [-0.4, -0.2) is 30.7 Å². The van der Waals surface area contributed by atoms with E-state index in [1.807, 2.05) is 12.3 Å². The molecular formula is C14H21BrClN3. The lowest BCUT2D eigenvalue weighted by Gasteiger charge is -2.29. The molecule has 1 aliphatic heterocycles. The summed E-state index contributed by atoms with van der Waals surface area (Å²) < 4.78 is 0.921. The standard InChI is InChI=1S/C14H21BrClN3/c1-10(2)8-19(9-12-4-3-5-17-12)14-13(16)6-11(15)7-18-14/h6-7,10,12,17H,3-5,8-9H2,1-2H3. The Morgan fingerprint density at radius 1 is 1.58 bits per heavy atom. The first-order chi connectivity index (χ1) is 9.06. The Balaban J connectivity index is 2.15. The number of hydrogen-bond acceptors (Lipinski definition) is 3. The van der Waals surface area contributed by atoms with Gasteiger partial charge >= 0.3 is 0 Å². The molecule has 2 rings (SSSR count). The monoisotopic (exact) mass is 345 g/mol. The summed E-state index contributed by atoms with van der Waals surface area (Å²) in [6, 6.07) is 2.47. The first kappa shape index (κ1) is 15.1. The zero-order valence-corrected chi connectivity index (χ0v) is 13.8. The van der Waals surface area contributed by atoms with E-state index in [2.05, 4.69) is 45.0 Å². The lowest BCUT2D eigenvalue weighted by Crippen LogP contribution is -2.40. The van der Waals surface area contributed by atoms with E-state index in [-0.39, 0.29) is 0 Å². The van der Waals surface area contributed by atoms with Gasteiger partial charge in [0, 0.05) is 29.8 Å². The topological polar surface area (TPSA) is 28.2 Å². The number of aromatic nitrogens is 1. The molecule has 1 aliphatic rings. The normalized spacial score (nSPS) is 19.1. The van der Waals surface area contributed by atoms with E-state index in [0.29, 0.717) is 17.0 Å². The molecule has 1 aromatic rings. The third-order valence-electron chi connectivity index (χ3n) is 3.28. The van der Waals surface area contributed by atoms with Gasteiger partial charge in [-0.1, -0.05) is 25.4 Å². The summed E-state index contributed by atoms with van der Waals surface area (Å²) >= 11 is 9.75. The van der Waals surface area contributed by atoms with Crippen molar-refractivity contribution in [2.75, 3.05) is 24.5 Å². The number of nitrogens with one attached hydrogen (secondary N) is 1. The molecule has 0 spiro atoms. The van der Waals surface area contributed by atoms with Crippen LogP contribution in [0.4, 0.5) is 5.82 Å². The molecule has 5 heteroatoms. The summed E-state index contributed by atoms with van der Waals surface area (Å²) in [5.41, 5.74) is 0. The molecule has 0 saturated carbocycles. The SMILES string of the molecule is CC(C)CN(CC1CCCN1)c1ncc(Br)cc1Cl. The predicted molar refractivity (Wildman–Crippen MR) is 85.0 cm³/mol. The number of hydrogen-bond donors (Lipinski definition) is 1. The molecule has 0 amide bonds. The summed E-state index contributed by atoms with van der Waals surface area (Å²) in [6.07, 6.45) is 4.32. The van der Waals surface area contributed by atoms with E-state index in [4.69, 9.17) is 11.6 Å². The van der Waals surface area contributed by atoms with E-state index in [0.717, 1.165) is 29.9 Å². The zero-order valence-electron chi connectivity index (χ0n) is 11.5. The van der Waals surface area contributed by atoms with Crippen molar-refractivity contribution >= 4 is 33.3 Å². The van der Waals surface area contributed by atoms with Crippen molar-refractivity contribution in [2.45, 2.75) is 32.7 Å². The molecule has 0 aliphatic carbocycles. The summed E-state index contributed by atoms with van der Waals surface area (Å²) in [7, 11) is 0. The Hall–Kier alpha value is -0.320. The molecule has 0 bridgehead atoms. The van der Waals surface area contributed by atoms with Crippen LogP contribution in [0, 0.1) is 5.92 Å². The highest BCUT2D eigenvalue weighted by molar-refractivity contribution is 9.10. The Bertz CT molecular complexity index is 419. The van der Waals surface area contributed by atoms with Gasteiger partial charge in [0.05, 0.1) is 5.02 Å². The van der Waals surface area contributed by atoms with Crippen molar-refractivity contribution in [1.82, 2.24) is 10.3 Å². The maximum Gasteiger partial charge on any atom is 0.147 e. The predicted octanol–water partition coefficient (Wildman–Crippen LogP) is 3.71. The number of halogens is 2. The van der Waals surface area contributed by atoms with Crippen molar-refractivity contribution in [2.24, 2.45) is 5.92 Å². The van der Waals surface area contributed by atoms with E-state index in [1.165, 1.54) is 12.8 Å². The number of nitrogens with zero attached hydrogens (tertiary/aromatic N) is 2. The maximum atomic E-state index is 6.34. The molecular weight excluding hydrogens is 326 g/mol. The van der Waals surface area contributed by atoms with Crippen molar-refractivity contribution in [1.29, 1.82) is 0 Å². The molecule has 106 valence electrons. The quantitative estimate of drug-likeness (QED) is 0.881. The van der Waals surface area contributed by atoms with Gasteiger partial charge in [0.1, 0.15) is 5.82 Å². The van der Waals surface area contributed by atoms with Crippen molar-refractivity contribution in [3.8, 4) is 0 Å². The molecule has 19 heavy (non-hydrogen) atoms. The molecule has 1 unspecified atom stereocenters. The van der Waals surface area contributed by atoms with Crippen LogP contribution in [0.15, 0.2) is 16.7 Å². The van der Waals surface area contributed by atoms with Crippen LogP contribution in [0.25, 0.3) is 0 Å². The minimum Gasteiger partial charge on any atom is -0.354 e. The van der Waals surface area contributed by atoms with Gasteiger partial charge in [-0.2, -0.15) is 0 Å². The minimum absolute atomic E-state index is 0.556. The van der Waals surface area contributed by atoms with E-state index >= 15 is 0 Å². The van der Waals surface area contributed by atoms with Crippen LogP contribution in [0.2, 0.25) is 5.02 Å². The number of pyridine rings is 1. The van der Waals surface area contributed by atoms with Gasteiger partial charge in [-0.3, -0.25) is 0 Å². The Morgan fingerprint density at radius 3 is 2.95 bits per heavy atom. The zero-order chi connectivity index (χ0) is 13.8. The average molecular weight is 347 g/mol. The first-order valence-electron chi connectivity index (χ1n) is 6.85. The minimum atomic E-state index is 0.556. The highest BCUT2D eigenvalue weighted by Crippen LogP contribution is 2.27. The van der Waals surface area contributed by atoms with E-state index in [1.54, 1.807) is 0 Å². The summed E-state index contributed by atoms with van der Waals surface area (Å²) in [6.45, 7) is 7.53. The molecule has 1 aromatic heterocycles. The first-order valence-corrected chi connectivity index (χ1v) is 8.02.